The first-order chi connectivity index (χ1) is 42.8. The number of carbonyl (C=O) groups is 3. The minimum absolute atomic E-state index is 0.0122. The van der Waals surface area contributed by atoms with Crippen molar-refractivity contribution in [1.29, 1.82) is 0 Å². The fourth-order valence-corrected chi connectivity index (χ4v) is 11.2. The molecule has 18 atom stereocenters. The highest BCUT2D eigenvalue weighted by atomic mass is 31.2. The van der Waals surface area contributed by atoms with Gasteiger partial charge in [-0.2, -0.15) is 0 Å². The molecule has 0 saturated carbocycles. The summed E-state index contributed by atoms with van der Waals surface area (Å²) in [6.45, 7) is 2.45. The van der Waals surface area contributed by atoms with E-state index >= 15 is 0 Å². The topological polar surface area (TPSA) is 537 Å². The molecule has 0 radical (unpaired) electrons. The molecule has 0 aliphatic carbocycles. The van der Waals surface area contributed by atoms with Gasteiger partial charge in [0.25, 0.3) is 23.5 Å². The van der Waals surface area contributed by atoms with Crippen LogP contribution in [0, 0.1) is 10.8 Å². The Kier molecular flexibility index (Phi) is 38.3. The van der Waals surface area contributed by atoms with Crippen LogP contribution in [0.15, 0.2) is 0 Å². The van der Waals surface area contributed by atoms with Gasteiger partial charge in [-0.25, -0.2) is 0 Å². The quantitative estimate of drug-likeness (QED) is 0.0200. The number of rotatable bonds is 47. The molecule has 40 heteroatoms. The number of aliphatic hydroxyl groups is 9. The molecule has 0 spiro atoms. The zero-order chi connectivity index (χ0) is 68.0. The predicted octanol–water partition coefficient (Wildman–Crippen LogP) is -5.58. The van der Waals surface area contributed by atoms with Crippen molar-refractivity contribution in [3.8, 4) is 0 Å². The number of hydrogen-bond donors (Lipinski definition) is 12. The molecule has 536 valence electrons. The van der Waals surface area contributed by atoms with Gasteiger partial charge in [0, 0.05) is 47.2 Å². The van der Waals surface area contributed by atoms with Crippen molar-refractivity contribution in [3.05, 3.63) is 0 Å². The van der Waals surface area contributed by atoms with E-state index in [4.69, 9.17) is 74.5 Å². The molecule has 37 nitrogen and oxygen atoms in total. The molecule has 91 heavy (non-hydrogen) atoms. The van der Waals surface area contributed by atoms with E-state index in [-0.39, 0.29) is 70.9 Å². The van der Waals surface area contributed by atoms with Crippen LogP contribution in [0.5, 0.6) is 0 Å². The van der Waals surface area contributed by atoms with E-state index in [0.29, 0.717) is 13.0 Å². The second-order valence-electron chi connectivity index (χ2n) is 22.7. The summed E-state index contributed by atoms with van der Waals surface area (Å²) >= 11 is 0. The average molecular weight is 1390 g/mol. The van der Waals surface area contributed by atoms with E-state index < -0.39 is 218 Å². The molecule has 0 aromatic carbocycles. The van der Waals surface area contributed by atoms with Gasteiger partial charge in [0.2, 0.25) is 17.7 Å². The molecule has 12 N–H and O–H groups in total. The smallest absolute Gasteiger partial charge is 0.267 e. The Labute approximate surface area is 527 Å². The Balaban J connectivity index is 1.61. The highest BCUT2D eigenvalue weighted by Crippen LogP contribution is 2.40. The summed E-state index contributed by atoms with van der Waals surface area (Å²) in [5, 5.41) is 97.8. The van der Waals surface area contributed by atoms with Crippen molar-refractivity contribution in [1.82, 2.24) is 16.0 Å². The van der Waals surface area contributed by atoms with E-state index in [1.807, 2.05) is 0 Å². The van der Waals surface area contributed by atoms with Crippen LogP contribution in [0.25, 0.3) is 0 Å². The van der Waals surface area contributed by atoms with E-state index in [9.17, 15) is 88.7 Å². The summed E-state index contributed by atoms with van der Waals surface area (Å²) in [6.07, 6.45) is -16.2. The van der Waals surface area contributed by atoms with Crippen LogP contribution < -0.4 is 30.6 Å². The van der Waals surface area contributed by atoms with Gasteiger partial charge in [0.15, 0.2) is 18.9 Å². The highest BCUT2D eigenvalue weighted by Gasteiger charge is 2.48. The fourth-order valence-electron chi connectivity index (χ4n) is 9.01. The molecule has 3 heterocycles. The molecule has 0 bridgehead atoms. The molecule has 3 unspecified atom stereocenters. The minimum atomic E-state index is -4.96. The maximum atomic E-state index is 12.6. The number of phosphoric ester groups is 3. The molecule has 0 aromatic rings. The number of carbonyl (C=O) groups excluding carboxylic acids is 3. The molecule has 3 aliphatic rings. The second kappa shape index (κ2) is 41.9. The first kappa shape index (κ1) is 83.2. The van der Waals surface area contributed by atoms with E-state index in [2.05, 4.69) is 36.7 Å². The van der Waals surface area contributed by atoms with Crippen molar-refractivity contribution in [2.75, 3.05) is 132 Å². The number of amides is 3. The Morgan fingerprint density at radius 2 is 0.659 bits per heavy atom. The lowest BCUT2D eigenvalue weighted by Gasteiger charge is -2.42. The Hall–Kier alpha value is -2.02. The van der Waals surface area contributed by atoms with Crippen LogP contribution in [0.3, 0.4) is 0 Å². The maximum absolute atomic E-state index is 12.6. The molecule has 3 aliphatic heterocycles. The standard InChI is InChI=1S/C51H98N3O34P3/c1-32(58)52-38-44(64)41(61)35(25-55)86-47(38)77-19-22-83-89(67,68)80-16-8-13-74-29-51(28-73-12-7-11-50(4,5)6,30-75-14-9-17-81-90(69,70)84-23-20-78-48-39(53-33(2)59)45(65)42(62)36(26-56)87-48)31-76-15-10-18-82-91(71,72)85-24-21-79-49-40(54-34(3)60)46(66)43(63)37(27-57)88-49/h35-49,55-57,61-66H,7-31H2,1-6H3,(H,52,58)(H,53,59)(H,54,60)(H,67,68)(H,69,70)(H,71,72)/p-3/t35-,36-,37-,38-,39-,40-,41+,42+,43+,44-,45-,46-,47-,48-,49-/m1/s1. The molecule has 3 saturated heterocycles. The SMILES string of the molecule is CC(=O)N[C@H]1[C@H](OCCOP(=O)([O-])OCCCOCC(COCCCOP(=O)([O-])OCCO[C@@H]2O[C@H](CO)[C@H](O)[C@H](O)[C@H]2NC(C)=O)(COCCCOP(=O)([O-])OCCO[C@@H]2O[C@H](CO)[C@H](O)[C@H](O)[C@H]2NC(C)=O)COCCCC(C)(C)C)O[C@H](CO)[C@H](O)[C@@H]1O. The molecular formula is C51H95N3O34P3-3. The lowest BCUT2D eigenvalue weighted by molar-refractivity contribution is -0.273. The van der Waals surface area contributed by atoms with Crippen molar-refractivity contribution in [2.24, 2.45) is 10.8 Å². The molecular weight excluding hydrogens is 1290 g/mol. The van der Waals surface area contributed by atoms with Crippen LogP contribution >= 0.6 is 23.5 Å². The Morgan fingerprint density at radius 1 is 0.407 bits per heavy atom. The van der Waals surface area contributed by atoms with Gasteiger partial charge < -0.3 is 151 Å². The fraction of sp³-hybridized carbons (Fsp3) is 0.941. The third-order valence-electron chi connectivity index (χ3n) is 13.5. The van der Waals surface area contributed by atoms with Crippen molar-refractivity contribution in [2.45, 2.75) is 166 Å². The summed E-state index contributed by atoms with van der Waals surface area (Å²) in [4.78, 5) is 73.1. The van der Waals surface area contributed by atoms with Gasteiger partial charge in [-0.1, -0.05) is 20.8 Å². The first-order valence-corrected chi connectivity index (χ1v) is 33.8. The molecule has 3 rings (SSSR count). The van der Waals surface area contributed by atoms with Crippen LogP contribution in [0.4, 0.5) is 0 Å². The summed E-state index contributed by atoms with van der Waals surface area (Å²) in [6, 6.07) is -3.85. The van der Waals surface area contributed by atoms with Gasteiger partial charge in [-0.15, -0.1) is 0 Å². The van der Waals surface area contributed by atoms with Gasteiger partial charge in [0.1, 0.15) is 73.1 Å². The summed E-state index contributed by atoms with van der Waals surface area (Å²) < 4.78 is 124. The molecule has 3 amide bonds. The minimum Gasteiger partial charge on any atom is -0.756 e. The number of hydrogen-bond acceptors (Lipinski definition) is 34. The van der Waals surface area contributed by atoms with E-state index in [1.54, 1.807) is 0 Å². The molecule has 0 aromatic heterocycles. The predicted molar refractivity (Wildman–Crippen MR) is 301 cm³/mol. The third-order valence-corrected chi connectivity index (χ3v) is 16.5. The van der Waals surface area contributed by atoms with Crippen LogP contribution in [-0.2, 0) is 103 Å². The summed E-state index contributed by atoms with van der Waals surface area (Å²) in [7, 11) is -14.9. The maximum Gasteiger partial charge on any atom is 0.267 e. The van der Waals surface area contributed by atoms with Gasteiger partial charge in [-0.3, -0.25) is 28.1 Å². The lowest BCUT2D eigenvalue weighted by atomic mass is 9.90. The van der Waals surface area contributed by atoms with Gasteiger partial charge in [-0.05, 0) is 37.5 Å². The van der Waals surface area contributed by atoms with E-state index in [1.165, 1.54) is 0 Å². The molecule has 3 fully saturated rings. The zero-order valence-corrected chi connectivity index (χ0v) is 54.6. The second-order valence-corrected chi connectivity index (χ2v) is 26.9. The monoisotopic (exact) mass is 1390 g/mol. The van der Waals surface area contributed by atoms with Crippen LogP contribution in [0.1, 0.15) is 73.6 Å². The van der Waals surface area contributed by atoms with Crippen LogP contribution in [-0.4, -0.2) is 288 Å². The van der Waals surface area contributed by atoms with Crippen molar-refractivity contribution < 1.29 is 163 Å². The Bertz CT molecular complexity index is 2010. The lowest BCUT2D eigenvalue weighted by Crippen LogP contribution is -2.64. The largest absolute Gasteiger partial charge is 0.756 e. The first-order valence-electron chi connectivity index (χ1n) is 29.4. The zero-order valence-electron chi connectivity index (χ0n) is 51.9. The summed E-state index contributed by atoms with van der Waals surface area (Å²) in [5.41, 5.74) is -1.16. The van der Waals surface area contributed by atoms with Gasteiger partial charge in [0.05, 0.1) is 111 Å². The number of phosphoric acid groups is 3. The normalized spacial score (nSPS) is 29.9. The highest BCUT2D eigenvalue weighted by molar-refractivity contribution is 7.46. The Morgan fingerprint density at radius 3 is 0.901 bits per heavy atom. The van der Waals surface area contributed by atoms with Crippen molar-refractivity contribution >= 4 is 41.2 Å². The number of ether oxygens (including phenoxy) is 10. The average Bonchev–Trinajstić information content (AvgIpc) is 1.18. The third kappa shape index (κ3) is 31.8. The van der Waals surface area contributed by atoms with E-state index in [0.717, 1.165) is 27.2 Å². The van der Waals surface area contributed by atoms with Crippen LogP contribution in [0.2, 0.25) is 0 Å². The summed E-state index contributed by atoms with van der Waals surface area (Å²) in [5.74, 6) is -1.81. The van der Waals surface area contributed by atoms with Gasteiger partial charge >= 0.3 is 0 Å². The number of nitrogens with one attached hydrogen (secondary N) is 3. The van der Waals surface area contributed by atoms with Crippen molar-refractivity contribution in [3.63, 3.8) is 0 Å². The number of aliphatic hydroxyl groups excluding tert-OH is 9.